The molecular formula is C19H17F3O5S. The monoisotopic (exact) mass is 414 g/mol. The molecule has 0 aliphatic rings. The van der Waals surface area contributed by atoms with Gasteiger partial charge in [-0.3, -0.25) is 8.83 Å². The van der Waals surface area contributed by atoms with Crippen molar-refractivity contribution >= 4 is 10.1 Å². The van der Waals surface area contributed by atoms with Crippen LogP contribution >= 0.6 is 0 Å². The zero-order chi connectivity index (χ0) is 20.9. The number of alkyl halides is 3. The highest BCUT2D eigenvalue weighted by Gasteiger charge is 2.37. The highest BCUT2D eigenvalue weighted by atomic mass is 32.2. The molecule has 0 radical (unpaired) electrons. The topological polar surface area (TPSA) is 81.6 Å². The molecule has 0 aliphatic heterocycles. The van der Waals surface area contributed by atoms with E-state index in [0.717, 1.165) is 22.6 Å². The van der Waals surface area contributed by atoms with Crippen molar-refractivity contribution in [2.75, 3.05) is 0 Å². The second-order valence-corrected chi connectivity index (χ2v) is 7.16. The summed E-state index contributed by atoms with van der Waals surface area (Å²) in [5, 5.41) is 0. The zero-order valence-corrected chi connectivity index (χ0v) is 15.8. The van der Waals surface area contributed by atoms with Gasteiger partial charge in [-0.25, -0.2) is 8.42 Å². The number of hydrogen-bond acceptors (Lipinski definition) is 4. The van der Waals surface area contributed by atoms with Crippen LogP contribution in [0.4, 0.5) is 13.2 Å². The molecule has 0 unspecified atom stereocenters. The van der Waals surface area contributed by atoms with Crippen molar-refractivity contribution < 1.29 is 35.0 Å². The molecule has 1 heterocycles. The summed E-state index contributed by atoms with van der Waals surface area (Å²) in [6.45, 7) is 3.85. The fourth-order valence-electron chi connectivity index (χ4n) is 2.34. The molecule has 1 aromatic heterocycles. The smallest absolute Gasteiger partial charge is 0.509 e. The number of benzene rings is 2. The van der Waals surface area contributed by atoms with E-state index in [0.29, 0.717) is 5.96 Å². The van der Waals surface area contributed by atoms with Crippen molar-refractivity contribution in [1.29, 1.82) is 0 Å². The third-order valence-corrected chi connectivity index (χ3v) is 4.36. The van der Waals surface area contributed by atoms with Crippen LogP contribution in [0, 0.1) is 13.8 Å². The predicted octanol–water partition coefficient (Wildman–Crippen LogP) is 5.00. The van der Waals surface area contributed by atoms with E-state index in [4.69, 9.17) is 21.8 Å². The van der Waals surface area contributed by atoms with Gasteiger partial charge in [0.15, 0.2) is 16.0 Å². The molecule has 3 rings (SSSR count). The standard InChI is InChI=1S/C18H17O2.CHF3O3S/c1-13-14(2)20-18(19-13)17(15-9-5-3-6-10-15)16-11-7-4-8-12-16;2-1(3,4)8(5,6)7/h3-12,17H,1-2H3;(H,5,6,7)/q+1;/p-1. The van der Waals surface area contributed by atoms with Gasteiger partial charge in [-0.05, 0) is 11.1 Å². The summed E-state index contributed by atoms with van der Waals surface area (Å²) < 4.78 is 70.5. The van der Waals surface area contributed by atoms with Gasteiger partial charge in [0.1, 0.15) is 0 Å². The van der Waals surface area contributed by atoms with Crippen molar-refractivity contribution in [2.45, 2.75) is 25.3 Å². The van der Waals surface area contributed by atoms with E-state index in [9.17, 15) is 13.2 Å². The molecule has 0 saturated heterocycles. The summed E-state index contributed by atoms with van der Waals surface area (Å²) in [4.78, 5) is 0. The number of halogens is 3. The molecule has 0 fully saturated rings. The molecule has 0 N–H and O–H groups in total. The summed E-state index contributed by atoms with van der Waals surface area (Å²) in [5.74, 6) is 2.29. The SMILES string of the molecule is Cc1oc(C(c2ccccc2)c2ccccc2)[o+]c1C.O=S(=O)([O-])C(F)(F)F. The number of rotatable bonds is 3. The van der Waals surface area contributed by atoms with Crippen molar-refractivity contribution in [3.8, 4) is 0 Å². The van der Waals surface area contributed by atoms with Crippen LogP contribution < -0.4 is 0 Å². The Kier molecular flexibility index (Phi) is 6.63. The van der Waals surface area contributed by atoms with Crippen LogP contribution in [0.5, 0.6) is 0 Å². The molecule has 2 aromatic carbocycles. The maximum Gasteiger partial charge on any atom is 0.509 e. The first kappa shape index (κ1) is 21.6. The molecule has 0 aliphatic carbocycles. The molecule has 150 valence electrons. The van der Waals surface area contributed by atoms with E-state index in [-0.39, 0.29) is 5.92 Å². The quantitative estimate of drug-likeness (QED) is 0.342. The molecule has 3 aromatic rings. The third kappa shape index (κ3) is 5.43. The van der Waals surface area contributed by atoms with Crippen molar-refractivity contribution in [1.82, 2.24) is 0 Å². The maximum atomic E-state index is 10.7. The fourth-order valence-corrected chi connectivity index (χ4v) is 2.34. The predicted molar refractivity (Wildman–Crippen MR) is 94.4 cm³/mol. The first-order chi connectivity index (χ1) is 13.0. The van der Waals surface area contributed by atoms with Gasteiger partial charge in [0.2, 0.25) is 0 Å². The van der Waals surface area contributed by atoms with Crippen LogP contribution in [0.2, 0.25) is 0 Å². The largest absolute Gasteiger partial charge is 0.741 e. The lowest BCUT2D eigenvalue weighted by atomic mass is 9.92. The van der Waals surface area contributed by atoms with Crippen molar-refractivity contribution in [3.05, 3.63) is 89.3 Å². The van der Waals surface area contributed by atoms with Gasteiger partial charge in [0.05, 0.1) is 0 Å². The highest BCUT2D eigenvalue weighted by Crippen LogP contribution is 2.33. The van der Waals surface area contributed by atoms with E-state index < -0.39 is 15.6 Å². The minimum atomic E-state index is -6.09. The third-order valence-electron chi connectivity index (χ3n) is 3.79. The summed E-state index contributed by atoms with van der Waals surface area (Å²) in [7, 11) is -6.09. The molecule has 0 bridgehead atoms. The Balaban J connectivity index is 0.000000300. The molecule has 0 atom stereocenters. The normalized spacial score (nSPS) is 11.8. The molecule has 0 spiro atoms. The summed E-state index contributed by atoms with van der Waals surface area (Å²) >= 11 is 0. The molecular weight excluding hydrogens is 397 g/mol. The minimum Gasteiger partial charge on any atom is -0.741 e. The first-order valence-corrected chi connectivity index (χ1v) is 9.43. The Morgan fingerprint density at radius 2 is 1.32 bits per heavy atom. The average molecular weight is 414 g/mol. The van der Waals surface area contributed by atoms with Crippen LogP contribution in [0.3, 0.4) is 0 Å². The van der Waals surface area contributed by atoms with Crippen LogP contribution in [0.15, 0.2) is 69.5 Å². The summed E-state index contributed by atoms with van der Waals surface area (Å²) in [6.07, 6.45) is 0. The number of aryl methyl sites for hydroxylation is 2. The molecule has 28 heavy (non-hydrogen) atoms. The second-order valence-electron chi connectivity index (χ2n) is 5.79. The van der Waals surface area contributed by atoms with Gasteiger partial charge in [-0.1, -0.05) is 60.7 Å². The molecule has 9 heteroatoms. The van der Waals surface area contributed by atoms with Crippen LogP contribution in [0.25, 0.3) is 0 Å². The Morgan fingerprint density at radius 3 is 1.61 bits per heavy atom. The highest BCUT2D eigenvalue weighted by molar-refractivity contribution is 7.86. The van der Waals surface area contributed by atoms with Gasteiger partial charge in [0, 0.05) is 13.8 Å². The fraction of sp³-hybridized carbons (Fsp3) is 0.211. The van der Waals surface area contributed by atoms with Crippen molar-refractivity contribution in [2.24, 2.45) is 0 Å². The van der Waals surface area contributed by atoms with Gasteiger partial charge >= 0.3 is 11.5 Å². The van der Waals surface area contributed by atoms with Crippen LogP contribution in [-0.4, -0.2) is 18.5 Å². The van der Waals surface area contributed by atoms with E-state index in [1.807, 2.05) is 50.2 Å². The van der Waals surface area contributed by atoms with E-state index in [1.165, 1.54) is 0 Å². The van der Waals surface area contributed by atoms with E-state index in [1.54, 1.807) is 0 Å². The summed E-state index contributed by atoms with van der Waals surface area (Å²) in [5.41, 5.74) is -3.32. The Bertz CT molecular complexity index is 938. The zero-order valence-electron chi connectivity index (χ0n) is 14.9. The lowest BCUT2D eigenvalue weighted by Crippen LogP contribution is -2.21. The van der Waals surface area contributed by atoms with Gasteiger partial charge in [0.25, 0.3) is 11.5 Å². The molecule has 5 nitrogen and oxygen atoms in total. The Morgan fingerprint density at radius 1 is 0.929 bits per heavy atom. The summed E-state index contributed by atoms with van der Waals surface area (Å²) in [6, 6.07) is 20.6. The lowest BCUT2D eigenvalue weighted by molar-refractivity contribution is -0.0517. The van der Waals surface area contributed by atoms with Crippen LogP contribution in [0.1, 0.15) is 34.5 Å². The first-order valence-electron chi connectivity index (χ1n) is 8.02. The Labute approximate surface area is 160 Å². The van der Waals surface area contributed by atoms with Gasteiger partial charge in [-0.15, -0.1) is 0 Å². The van der Waals surface area contributed by atoms with Crippen LogP contribution in [-0.2, 0) is 10.1 Å². The lowest BCUT2D eigenvalue weighted by Gasteiger charge is -2.08. The maximum absolute atomic E-state index is 10.7. The van der Waals surface area contributed by atoms with Gasteiger partial charge in [-0.2, -0.15) is 13.2 Å². The molecule has 0 amide bonds. The number of hydrogen-bond donors (Lipinski definition) is 0. The molecule has 0 saturated carbocycles. The average Bonchev–Trinajstić information content (AvgIpc) is 2.94. The van der Waals surface area contributed by atoms with Gasteiger partial charge < -0.3 is 4.55 Å². The van der Waals surface area contributed by atoms with Crippen molar-refractivity contribution in [3.63, 3.8) is 0 Å². The van der Waals surface area contributed by atoms with E-state index >= 15 is 0 Å². The Hall–Kier alpha value is -2.65. The minimum absolute atomic E-state index is 0.00944. The van der Waals surface area contributed by atoms with E-state index in [2.05, 4.69) is 24.3 Å². The second kappa shape index (κ2) is 8.57.